The van der Waals surface area contributed by atoms with Crippen molar-refractivity contribution in [3.8, 4) is 5.75 Å². The number of methoxy groups -OCH3 is 1. The first-order chi connectivity index (χ1) is 11.3. The summed E-state index contributed by atoms with van der Waals surface area (Å²) in [6, 6.07) is 14.4. The number of hydrogen-bond donors (Lipinski definition) is 0. The van der Waals surface area contributed by atoms with E-state index in [4.69, 9.17) is 9.47 Å². The first kappa shape index (κ1) is 16.0. The quantitative estimate of drug-likeness (QED) is 0.850. The second kappa shape index (κ2) is 8.09. The van der Waals surface area contributed by atoms with E-state index in [0.717, 1.165) is 50.7 Å². The molecule has 0 aliphatic carbocycles. The number of hydrogen-bond acceptors (Lipinski definition) is 4. The topological polar surface area (TPSA) is 34.6 Å². The van der Waals surface area contributed by atoms with Crippen LogP contribution in [0.3, 0.4) is 0 Å². The highest BCUT2D eigenvalue weighted by Gasteiger charge is 2.19. The molecule has 1 fully saturated rings. The maximum atomic E-state index is 5.79. The van der Waals surface area contributed by atoms with Crippen molar-refractivity contribution >= 4 is 0 Å². The predicted octanol–water partition coefficient (Wildman–Crippen LogP) is 2.78. The van der Waals surface area contributed by atoms with Gasteiger partial charge in [-0.15, -0.1) is 0 Å². The van der Waals surface area contributed by atoms with Crippen molar-refractivity contribution in [3.63, 3.8) is 0 Å². The maximum Gasteiger partial charge on any atom is 0.118 e. The van der Waals surface area contributed by atoms with Crippen LogP contribution in [0.15, 0.2) is 48.7 Å². The molecule has 1 aromatic carbocycles. The van der Waals surface area contributed by atoms with E-state index >= 15 is 0 Å². The number of ether oxygens (including phenoxy) is 2. The fraction of sp³-hybridized carbons (Fsp3) is 0.421. The van der Waals surface area contributed by atoms with E-state index in [1.807, 2.05) is 24.4 Å². The average Bonchev–Trinajstić information content (AvgIpc) is 2.81. The Bertz CT molecular complexity index is 586. The lowest BCUT2D eigenvalue weighted by Gasteiger charge is -2.23. The fourth-order valence-corrected chi connectivity index (χ4v) is 3.02. The molecule has 2 heterocycles. The standard InChI is InChI=1S/C19H24N2O2/c1-22-19-7-5-16(6-8-19)13-21-10-11-23-15-17(14-21)12-18-4-2-3-9-20-18/h2-9,17H,10-15H2,1H3/t17-/m1/s1. The summed E-state index contributed by atoms with van der Waals surface area (Å²) >= 11 is 0. The molecule has 1 aromatic heterocycles. The molecular formula is C19H24N2O2. The third kappa shape index (κ3) is 4.78. The molecule has 23 heavy (non-hydrogen) atoms. The molecule has 1 aliphatic rings. The molecule has 1 atom stereocenters. The van der Waals surface area contributed by atoms with Gasteiger partial charge in [0.15, 0.2) is 0 Å². The van der Waals surface area contributed by atoms with E-state index in [9.17, 15) is 0 Å². The van der Waals surface area contributed by atoms with Crippen molar-refractivity contribution in [1.82, 2.24) is 9.88 Å². The molecule has 122 valence electrons. The van der Waals surface area contributed by atoms with Gasteiger partial charge in [-0.3, -0.25) is 9.88 Å². The summed E-state index contributed by atoms with van der Waals surface area (Å²) < 4.78 is 11.0. The molecule has 3 rings (SSSR count). The molecule has 0 amide bonds. The number of nitrogens with zero attached hydrogens (tertiary/aromatic N) is 2. The molecule has 1 saturated heterocycles. The Balaban J connectivity index is 1.60. The van der Waals surface area contributed by atoms with Gasteiger partial charge in [-0.2, -0.15) is 0 Å². The predicted molar refractivity (Wildman–Crippen MR) is 90.5 cm³/mol. The zero-order valence-corrected chi connectivity index (χ0v) is 13.6. The first-order valence-electron chi connectivity index (χ1n) is 8.16. The normalized spacial score (nSPS) is 19.3. The van der Waals surface area contributed by atoms with Crippen LogP contribution in [-0.4, -0.2) is 43.3 Å². The van der Waals surface area contributed by atoms with Gasteiger partial charge >= 0.3 is 0 Å². The molecular weight excluding hydrogens is 288 g/mol. The maximum absolute atomic E-state index is 5.79. The Morgan fingerprint density at radius 3 is 2.83 bits per heavy atom. The molecule has 4 nitrogen and oxygen atoms in total. The summed E-state index contributed by atoms with van der Waals surface area (Å²) in [5, 5.41) is 0. The van der Waals surface area contributed by atoms with Gasteiger partial charge < -0.3 is 9.47 Å². The Kier molecular flexibility index (Phi) is 5.61. The molecule has 4 heteroatoms. The third-order valence-corrected chi connectivity index (χ3v) is 4.21. The number of benzene rings is 1. The summed E-state index contributed by atoms with van der Waals surface area (Å²) in [5.41, 5.74) is 2.46. The molecule has 1 aliphatic heterocycles. The smallest absolute Gasteiger partial charge is 0.118 e. The minimum atomic E-state index is 0.491. The zero-order valence-electron chi connectivity index (χ0n) is 13.6. The van der Waals surface area contributed by atoms with Gasteiger partial charge in [-0.25, -0.2) is 0 Å². The highest BCUT2D eigenvalue weighted by Crippen LogP contribution is 2.17. The van der Waals surface area contributed by atoms with E-state index in [1.54, 1.807) is 7.11 Å². The van der Waals surface area contributed by atoms with E-state index in [0.29, 0.717) is 5.92 Å². The van der Waals surface area contributed by atoms with Crippen LogP contribution in [0.1, 0.15) is 11.3 Å². The van der Waals surface area contributed by atoms with Crippen molar-refractivity contribution < 1.29 is 9.47 Å². The van der Waals surface area contributed by atoms with Crippen LogP contribution in [0.25, 0.3) is 0 Å². The van der Waals surface area contributed by atoms with Gasteiger partial charge in [-0.1, -0.05) is 18.2 Å². The summed E-state index contributed by atoms with van der Waals surface area (Å²) in [5.74, 6) is 1.40. The SMILES string of the molecule is COc1ccc(CN2CCOC[C@H](Cc3ccccn3)C2)cc1. The molecule has 0 radical (unpaired) electrons. The minimum Gasteiger partial charge on any atom is -0.497 e. The Hall–Kier alpha value is -1.91. The van der Waals surface area contributed by atoms with Crippen LogP contribution in [0.5, 0.6) is 5.75 Å². The van der Waals surface area contributed by atoms with Gasteiger partial charge in [0.05, 0.1) is 20.3 Å². The highest BCUT2D eigenvalue weighted by molar-refractivity contribution is 5.27. The fourth-order valence-electron chi connectivity index (χ4n) is 3.02. The number of aromatic nitrogens is 1. The summed E-state index contributed by atoms with van der Waals surface area (Å²) in [4.78, 5) is 6.92. The zero-order chi connectivity index (χ0) is 15.9. The number of rotatable bonds is 5. The van der Waals surface area contributed by atoms with E-state index in [-0.39, 0.29) is 0 Å². The van der Waals surface area contributed by atoms with Crippen molar-refractivity contribution in [2.75, 3.05) is 33.4 Å². The Morgan fingerprint density at radius 2 is 2.09 bits per heavy atom. The van der Waals surface area contributed by atoms with Gasteiger partial charge in [0.1, 0.15) is 5.75 Å². The van der Waals surface area contributed by atoms with Crippen molar-refractivity contribution in [3.05, 3.63) is 59.9 Å². The summed E-state index contributed by atoms with van der Waals surface area (Å²) in [6.07, 6.45) is 2.84. The largest absolute Gasteiger partial charge is 0.497 e. The van der Waals surface area contributed by atoms with Gasteiger partial charge in [0, 0.05) is 37.4 Å². The van der Waals surface area contributed by atoms with Crippen LogP contribution in [0.2, 0.25) is 0 Å². The van der Waals surface area contributed by atoms with Crippen molar-refractivity contribution in [1.29, 1.82) is 0 Å². The van der Waals surface area contributed by atoms with E-state index in [2.05, 4.69) is 34.1 Å². The lowest BCUT2D eigenvalue weighted by molar-refractivity contribution is 0.121. The van der Waals surface area contributed by atoms with E-state index < -0.39 is 0 Å². The van der Waals surface area contributed by atoms with E-state index in [1.165, 1.54) is 5.56 Å². The monoisotopic (exact) mass is 312 g/mol. The molecule has 2 aromatic rings. The third-order valence-electron chi connectivity index (χ3n) is 4.21. The molecule has 0 unspecified atom stereocenters. The Morgan fingerprint density at radius 1 is 1.22 bits per heavy atom. The molecule has 0 N–H and O–H groups in total. The summed E-state index contributed by atoms with van der Waals surface area (Å²) in [6.45, 7) is 4.59. The van der Waals surface area contributed by atoms with Crippen molar-refractivity contribution in [2.45, 2.75) is 13.0 Å². The van der Waals surface area contributed by atoms with Gasteiger partial charge in [0.2, 0.25) is 0 Å². The number of pyridine rings is 1. The van der Waals surface area contributed by atoms with Gasteiger partial charge in [0.25, 0.3) is 0 Å². The van der Waals surface area contributed by atoms with Gasteiger partial charge in [-0.05, 0) is 36.2 Å². The highest BCUT2D eigenvalue weighted by atomic mass is 16.5. The van der Waals surface area contributed by atoms with Crippen LogP contribution < -0.4 is 4.74 Å². The minimum absolute atomic E-state index is 0.491. The molecule has 0 saturated carbocycles. The lowest BCUT2D eigenvalue weighted by Crippen LogP contribution is -2.30. The van der Waals surface area contributed by atoms with Crippen LogP contribution in [0, 0.1) is 5.92 Å². The second-order valence-corrected chi connectivity index (χ2v) is 6.05. The summed E-state index contributed by atoms with van der Waals surface area (Å²) in [7, 11) is 1.70. The molecule has 0 spiro atoms. The Labute approximate surface area is 138 Å². The average molecular weight is 312 g/mol. The first-order valence-corrected chi connectivity index (χ1v) is 8.16. The van der Waals surface area contributed by atoms with Crippen molar-refractivity contribution in [2.24, 2.45) is 5.92 Å². The van der Waals surface area contributed by atoms with Crippen LogP contribution >= 0.6 is 0 Å². The van der Waals surface area contributed by atoms with Crippen LogP contribution in [-0.2, 0) is 17.7 Å². The van der Waals surface area contributed by atoms with Crippen LogP contribution in [0.4, 0.5) is 0 Å². The lowest BCUT2D eigenvalue weighted by atomic mass is 10.0. The second-order valence-electron chi connectivity index (χ2n) is 6.05. The molecule has 0 bridgehead atoms.